The first kappa shape index (κ1) is 18.9. The van der Waals surface area contributed by atoms with Crippen molar-refractivity contribution >= 4 is 15.7 Å². The molecular formula is C21H22N2O3S. The van der Waals surface area contributed by atoms with Crippen LogP contribution < -0.4 is 15.2 Å². The number of nitrogen functional groups attached to an aromatic ring is 1. The molecule has 5 nitrogen and oxygen atoms in total. The number of aryl methyl sites for hydroxylation is 2. The number of nitrogens with one attached hydrogen (secondary N) is 1. The molecule has 0 bridgehead atoms. The second-order valence-electron chi connectivity index (χ2n) is 6.39. The standard InChI is InChI=1S/C21H22N2O3S/c1-15-3-8-20(13-16(15)2)26-19-9-4-17(5-10-19)14-23-27(24,25)21-11-6-18(22)7-12-21/h3-13,23H,14,22H2,1-2H3. The van der Waals surface area contributed by atoms with Crippen molar-refractivity contribution in [1.29, 1.82) is 0 Å². The third-order valence-electron chi connectivity index (χ3n) is 4.29. The van der Waals surface area contributed by atoms with Gasteiger partial charge in [-0.15, -0.1) is 0 Å². The van der Waals surface area contributed by atoms with Gasteiger partial charge in [-0.2, -0.15) is 0 Å². The SMILES string of the molecule is Cc1ccc(Oc2ccc(CNS(=O)(=O)c3ccc(N)cc3)cc2)cc1C. The third kappa shape index (κ3) is 4.87. The molecule has 0 aliphatic carbocycles. The zero-order valence-corrected chi connectivity index (χ0v) is 16.1. The highest BCUT2D eigenvalue weighted by Gasteiger charge is 2.13. The summed E-state index contributed by atoms with van der Waals surface area (Å²) >= 11 is 0. The van der Waals surface area contributed by atoms with Crippen molar-refractivity contribution in [1.82, 2.24) is 4.72 Å². The summed E-state index contributed by atoms with van der Waals surface area (Å²) in [5.74, 6) is 1.47. The maximum atomic E-state index is 12.3. The van der Waals surface area contributed by atoms with Crippen LogP contribution >= 0.6 is 0 Å². The number of sulfonamides is 1. The molecular weight excluding hydrogens is 360 g/mol. The van der Waals surface area contributed by atoms with Crippen LogP contribution in [-0.2, 0) is 16.6 Å². The second-order valence-corrected chi connectivity index (χ2v) is 8.15. The van der Waals surface area contributed by atoms with Gasteiger partial charge in [-0.05, 0) is 79.1 Å². The average Bonchev–Trinajstić information content (AvgIpc) is 2.65. The third-order valence-corrected chi connectivity index (χ3v) is 5.71. The first-order valence-electron chi connectivity index (χ1n) is 8.53. The molecule has 3 aromatic rings. The molecule has 0 aromatic heterocycles. The van der Waals surface area contributed by atoms with E-state index in [-0.39, 0.29) is 11.4 Å². The van der Waals surface area contributed by atoms with Gasteiger partial charge in [-0.1, -0.05) is 18.2 Å². The predicted octanol–water partition coefficient (Wildman–Crippen LogP) is 4.16. The van der Waals surface area contributed by atoms with E-state index in [1.807, 2.05) is 49.4 Å². The molecule has 3 aromatic carbocycles. The summed E-state index contributed by atoms with van der Waals surface area (Å²) in [5, 5.41) is 0. The van der Waals surface area contributed by atoms with E-state index in [1.165, 1.54) is 23.3 Å². The second kappa shape index (κ2) is 7.82. The summed E-state index contributed by atoms with van der Waals surface area (Å²) in [5.41, 5.74) is 9.33. The van der Waals surface area contributed by atoms with Crippen LogP contribution in [0.15, 0.2) is 71.6 Å². The Morgan fingerprint density at radius 1 is 0.852 bits per heavy atom. The minimum absolute atomic E-state index is 0.186. The fraction of sp³-hybridized carbons (Fsp3) is 0.143. The summed E-state index contributed by atoms with van der Waals surface area (Å²) in [7, 11) is -3.58. The van der Waals surface area contributed by atoms with Crippen molar-refractivity contribution in [3.63, 3.8) is 0 Å². The van der Waals surface area contributed by atoms with Crippen LogP contribution in [0.2, 0.25) is 0 Å². The lowest BCUT2D eigenvalue weighted by atomic mass is 10.1. The van der Waals surface area contributed by atoms with Crippen LogP contribution in [0.4, 0.5) is 5.69 Å². The molecule has 140 valence electrons. The molecule has 6 heteroatoms. The number of hydrogen-bond acceptors (Lipinski definition) is 4. The van der Waals surface area contributed by atoms with Crippen LogP contribution in [0, 0.1) is 13.8 Å². The smallest absolute Gasteiger partial charge is 0.240 e. The fourth-order valence-corrected chi connectivity index (χ4v) is 3.52. The fourth-order valence-electron chi connectivity index (χ4n) is 2.50. The summed E-state index contributed by atoms with van der Waals surface area (Å²) < 4.78 is 33.0. The van der Waals surface area contributed by atoms with Gasteiger partial charge in [-0.25, -0.2) is 13.1 Å². The van der Waals surface area contributed by atoms with Crippen molar-refractivity contribution in [3.8, 4) is 11.5 Å². The maximum Gasteiger partial charge on any atom is 0.240 e. The summed E-state index contributed by atoms with van der Waals surface area (Å²) in [4.78, 5) is 0.186. The van der Waals surface area contributed by atoms with E-state index in [9.17, 15) is 8.42 Å². The lowest BCUT2D eigenvalue weighted by Gasteiger charge is -2.10. The van der Waals surface area contributed by atoms with E-state index in [1.54, 1.807) is 12.1 Å². The van der Waals surface area contributed by atoms with Crippen molar-refractivity contribution in [2.24, 2.45) is 0 Å². The number of anilines is 1. The highest BCUT2D eigenvalue weighted by Crippen LogP contribution is 2.24. The molecule has 0 heterocycles. The molecule has 0 aliphatic rings. The molecule has 0 aliphatic heterocycles. The van der Waals surface area contributed by atoms with Crippen LogP contribution in [0.1, 0.15) is 16.7 Å². The number of hydrogen-bond donors (Lipinski definition) is 2. The Bertz CT molecular complexity index is 1030. The van der Waals surface area contributed by atoms with Crippen molar-refractivity contribution in [2.45, 2.75) is 25.3 Å². The van der Waals surface area contributed by atoms with Crippen LogP contribution in [0.3, 0.4) is 0 Å². The lowest BCUT2D eigenvalue weighted by Crippen LogP contribution is -2.23. The van der Waals surface area contributed by atoms with E-state index in [2.05, 4.69) is 11.6 Å². The highest BCUT2D eigenvalue weighted by molar-refractivity contribution is 7.89. The van der Waals surface area contributed by atoms with E-state index in [4.69, 9.17) is 10.5 Å². The quantitative estimate of drug-likeness (QED) is 0.627. The van der Waals surface area contributed by atoms with Gasteiger partial charge in [0, 0.05) is 12.2 Å². The van der Waals surface area contributed by atoms with E-state index in [0.29, 0.717) is 11.4 Å². The Morgan fingerprint density at radius 2 is 1.48 bits per heavy atom. The molecule has 0 fully saturated rings. The minimum atomic E-state index is -3.58. The molecule has 0 saturated carbocycles. The van der Waals surface area contributed by atoms with Gasteiger partial charge in [0.25, 0.3) is 0 Å². The molecule has 0 radical (unpaired) electrons. The molecule has 0 amide bonds. The number of ether oxygens (including phenoxy) is 1. The normalized spacial score (nSPS) is 11.3. The zero-order chi connectivity index (χ0) is 19.4. The number of benzene rings is 3. The van der Waals surface area contributed by atoms with Gasteiger partial charge in [-0.3, -0.25) is 0 Å². The Balaban J connectivity index is 1.63. The first-order valence-corrected chi connectivity index (χ1v) is 10.0. The molecule has 3 rings (SSSR count). The highest BCUT2D eigenvalue weighted by atomic mass is 32.2. The van der Waals surface area contributed by atoms with Gasteiger partial charge in [0.15, 0.2) is 0 Å². The summed E-state index contributed by atoms with van der Waals surface area (Å²) in [6, 6.07) is 19.3. The molecule has 27 heavy (non-hydrogen) atoms. The van der Waals surface area contributed by atoms with Gasteiger partial charge in [0.2, 0.25) is 10.0 Å². The molecule has 3 N–H and O–H groups in total. The van der Waals surface area contributed by atoms with E-state index < -0.39 is 10.0 Å². The Hall–Kier alpha value is -2.83. The number of rotatable bonds is 6. The minimum Gasteiger partial charge on any atom is -0.457 e. The molecule has 0 unspecified atom stereocenters. The topological polar surface area (TPSA) is 81.4 Å². The molecule has 0 saturated heterocycles. The summed E-state index contributed by atoms with van der Waals surface area (Å²) in [6.45, 7) is 4.29. The molecule has 0 atom stereocenters. The monoisotopic (exact) mass is 382 g/mol. The van der Waals surface area contributed by atoms with Crippen LogP contribution in [-0.4, -0.2) is 8.42 Å². The van der Waals surface area contributed by atoms with Gasteiger partial charge in [0.1, 0.15) is 11.5 Å². The predicted molar refractivity (Wildman–Crippen MR) is 107 cm³/mol. The van der Waals surface area contributed by atoms with Gasteiger partial charge >= 0.3 is 0 Å². The van der Waals surface area contributed by atoms with Crippen LogP contribution in [0.25, 0.3) is 0 Å². The van der Waals surface area contributed by atoms with Crippen molar-refractivity contribution in [3.05, 3.63) is 83.4 Å². The maximum absolute atomic E-state index is 12.3. The Morgan fingerprint density at radius 3 is 2.11 bits per heavy atom. The molecule has 0 spiro atoms. The van der Waals surface area contributed by atoms with Crippen molar-refractivity contribution < 1.29 is 13.2 Å². The van der Waals surface area contributed by atoms with E-state index in [0.717, 1.165) is 11.3 Å². The Labute approximate surface area is 159 Å². The van der Waals surface area contributed by atoms with Gasteiger partial charge in [0.05, 0.1) is 4.90 Å². The first-order chi connectivity index (χ1) is 12.8. The Kier molecular flexibility index (Phi) is 5.48. The largest absolute Gasteiger partial charge is 0.457 e. The number of nitrogens with two attached hydrogens (primary N) is 1. The van der Waals surface area contributed by atoms with E-state index >= 15 is 0 Å². The van der Waals surface area contributed by atoms with Gasteiger partial charge < -0.3 is 10.5 Å². The summed E-state index contributed by atoms with van der Waals surface area (Å²) in [6.07, 6.45) is 0. The van der Waals surface area contributed by atoms with Crippen LogP contribution in [0.5, 0.6) is 11.5 Å². The van der Waals surface area contributed by atoms with Crippen molar-refractivity contribution in [2.75, 3.05) is 5.73 Å². The average molecular weight is 382 g/mol. The lowest BCUT2D eigenvalue weighted by molar-refractivity contribution is 0.482. The zero-order valence-electron chi connectivity index (χ0n) is 15.3.